The number of hydrogen-bond donors (Lipinski definition) is 0. The Kier molecular flexibility index (Phi) is 4.10. The van der Waals surface area contributed by atoms with Gasteiger partial charge in [-0.05, 0) is 59.0 Å². The molecule has 132 valence electrons. The van der Waals surface area contributed by atoms with E-state index in [1.807, 2.05) is 6.07 Å². The molecule has 1 aromatic rings. The molecule has 1 atom stereocenters. The summed E-state index contributed by atoms with van der Waals surface area (Å²) in [6, 6.07) is 1.99. The maximum absolute atomic E-state index is 6.43. The van der Waals surface area contributed by atoms with Gasteiger partial charge in [-0.25, -0.2) is 0 Å². The summed E-state index contributed by atoms with van der Waals surface area (Å²) >= 11 is 0. The Hall–Kier alpha value is -2.16. The second-order valence-electron chi connectivity index (χ2n) is 7.60. The molecule has 3 heteroatoms. The largest absolute Gasteiger partial charge is 0.483 e. The van der Waals surface area contributed by atoms with Crippen molar-refractivity contribution >= 4 is 6.08 Å². The topological polar surface area (TPSA) is 27.7 Å². The molecule has 1 aliphatic carbocycles. The van der Waals surface area contributed by atoms with E-state index in [0.29, 0.717) is 0 Å². The highest BCUT2D eigenvalue weighted by Gasteiger charge is 2.32. The van der Waals surface area contributed by atoms with Gasteiger partial charge in [0.1, 0.15) is 11.4 Å². The Balaban J connectivity index is 1.81. The molecule has 3 nitrogen and oxygen atoms in total. The van der Waals surface area contributed by atoms with E-state index in [1.165, 1.54) is 16.7 Å². The van der Waals surface area contributed by atoms with Gasteiger partial charge in [0.15, 0.2) is 11.5 Å². The molecule has 0 spiro atoms. The van der Waals surface area contributed by atoms with Gasteiger partial charge in [-0.15, -0.1) is 0 Å². The van der Waals surface area contributed by atoms with E-state index < -0.39 is 0 Å². The number of allylic oxidation sites excluding steroid dienone is 4. The van der Waals surface area contributed by atoms with Gasteiger partial charge < -0.3 is 14.2 Å². The molecule has 3 heterocycles. The third-order valence-electron chi connectivity index (χ3n) is 5.33. The molecule has 0 saturated carbocycles. The van der Waals surface area contributed by atoms with Crippen LogP contribution in [0.15, 0.2) is 35.4 Å². The average Bonchev–Trinajstić information content (AvgIpc) is 3.01. The SMILES string of the molecule is C/C1=C/CC[C@]2(C)C=Cc3c(cc4c(c3C/C(C)=C/CC1)OCO4)O2. The first-order valence-corrected chi connectivity index (χ1v) is 9.19. The van der Waals surface area contributed by atoms with Crippen molar-refractivity contribution in [3.63, 3.8) is 0 Å². The van der Waals surface area contributed by atoms with Gasteiger partial charge in [0.05, 0.1) is 0 Å². The van der Waals surface area contributed by atoms with Crippen LogP contribution < -0.4 is 14.2 Å². The Labute approximate surface area is 150 Å². The third kappa shape index (κ3) is 3.20. The highest BCUT2D eigenvalue weighted by molar-refractivity contribution is 5.72. The zero-order valence-electron chi connectivity index (χ0n) is 15.4. The Morgan fingerprint density at radius 1 is 1.00 bits per heavy atom. The van der Waals surface area contributed by atoms with Crippen LogP contribution in [0.25, 0.3) is 6.08 Å². The van der Waals surface area contributed by atoms with Crippen molar-refractivity contribution in [3.8, 4) is 17.2 Å². The predicted molar refractivity (Wildman–Crippen MR) is 100 cm³/mol. The highest BCUT2D eigenvalue weighted by atomic mass is 16.7. The Bertz CT molecular complexity index is 785. The van der Waals surface area contributed by atoms with Crippen molar-refractivity contribution in [3.05, 3.63) is 46.6 Å². The lowest BCUT2D eigenvalue weighted by Crippen LogP contribution is -2.32. The van der Waals surface area contributed by atoms with Gasteiger partial charge in [0.25, 0.3) is 0 Å². The van der Waals surface area contributed by atoms with Crippen molar-refractivity contribution in [1.82, 2.24) is 0 Å². The maximum Gasteiger partial charge on any atom is 0.231 e. The van der Waals surface area contributed by atoms with Crippen molar-refractivity contribution < 1.29 is 14.2 Å². The van der Waals surface area contributed by atoms with E-state index >= 15 is 0 Å². The molecule has 1 aromatic carbocycles. The molecular formula is C22H26O3. The molecule has 4 aliphatic rings. The van der Waals surface area contributed by atoms with E-state index in [0.717, 1.165) is 54.9 Å². The summed E-state index contributed by atoms with van der Waals surface area (Å²) in [5, 5.41) is 0. The predicted octanol–water partition coefficient (Wildman–Crippen LogP) is 5.59. The first kappa shape index (κ1) is 16.3. The number of fused-ring (bicyclic) bond motifs is 7. The van der Waals surface area contributed by atoms with E-state index in [9.17, 15) is 0 Å². The van der Waals surface area contributed by atoms with Crippen LogP contribution in [0, 0.1) is 0 Å². The third-order valence-corrected chi connectivity index (χ3v) is 5.33. The molecule has 4 bridgehead atoms. The van der Waals surface area contributed by atoms with Crippen LogP contribution in [-0.4, -0.2) is 12.4 Å². The minimum Gasteiger partial charge on any atom is -0.483 e. The number of hydrogen-bond acceptors (Lipinski definition) is 3. The molecule has 0 fully saturated rings. The molecule has 25 heavy (non-hydrogen) atoms. The summed E-state index contributed by atoms with van der Waals surface area (Å²) in [4.78, 5) is 0. The van der Waals surface area contributed by atoms with Crippen LogP contribution in [-0.2, 0) is 6.42 Å². The van der Waals surface area contributed by atoms with Crippen LogP contribution in [0.5, 0.6) is 17.2 Å². The summed E-state index contributed by atoms with van der Waals surface area (Å²) in [7, 11) is 0. The molecule has 0 radical (unpaired) electrons. The van der Waals surface area contributed by atoms with E-state index in [2.05, 4.69) is 45.1 Å². The standard InChI is InChI=1S/C22H26O3/c1-15-6-4-7-16(2)12-18-17-9-11-22(3,10-5-8-15)25-19(17)13-20-21(18)24-14-23-20/h7-9,11,13H,4-6,10,12,14H2,1-3H3/b15-8-,16-7+/t22-/m1/s1. The second-order valence-corrected chi connectivity index (χ2v) is 7.60. The van der Waals surface area contributed by atoms with E-state index in [1.54, 1.807) is 0 Å². The lowest BCUT2D eigenvalue weighted by molar-refractivity contribution is 0.128. The molecule has 0 aromatic heterocycles. The fourth-order valence-electron chi connectivity index (χ4n) is 3.83. The summed E-state index contributed by atoms with van der Waals surface area (Å²) in [6.07, 6.45) is 14.2. The zero-order valence-corrected chi connectivity index (χ0v) is 15.4. The van der Waals surface area contributed by atoms with E-state index in [4.69, 9.17) is 14.2 Å². The van der Waals surface area contributed by atoms with Crippen molar-refractivity contribution in [2.45, 2.75) is 58.5 Å². The molecule has 0 N–H and O–H groups in total. The monoisotopic (exact) mass is 338 g/mol. The summed E-state index contributed by atoms with van der Waals surface area (Å²) in [5.41, 5.74) is 4.86. The van der Waals surface area contributed by atoms with Gasteiger partial charge >= 0.3 is 0 Å². The molecule has 0 saturated heterocycles. The Morgan fingerprint density at radius 3 is 2.72 bits per heavy atom. The van der Waals surface area contributed by atoms with Crippen molar-refractivity contribution in [2.75, 3.05) is 6.79 Å². The first-order chi connectivity index (χ1) is 12.0. The lowest BCUT2D eigenvalue weighted by Gasteiger charge is -2.32. The van der Waals surface area contributed by atoms with Crippen LogP contribution in [0.3, 0.4) is 0 Å². The van der Waals surface area contributed by atoms with Crippen LogP contribution in [0.4, 0.5) is 0 Å². The maximum atomic E-state index is 6.43. The molecule has 0 unspecified atom stereocenters. The average molecular weight is 338 g/mol. The normalized spacial score (nSPS) is 29.2. The first-order valence-electron chi connectivity index (χ1n) is 9.19. The smallest absolute Gasteiger partial charge is 0.231 e. The minimum absolute atomic E-state index is 0.274. The van der Waals surface area contributed by atoms with E-state index in [-0.39, 0.29) is 12.4 Å². The van der Waals surface area contributed by atoms with Crippen LogP contribution in [0.2, 0.25) is 0 Å². The van der Waals surface area contributed by atoms with Crippen LogP contribution in [0.1, 0.15) is 57.6 Å². The van der Waals surface area contributed by atoms with Gasteiger partial charge in [-0.1, -0.05) is 29.4 Å². The van der Waals surface area contributed by atoms with Crippen molar-refractivity contribution in [2.24, 2.45) is 0 Å². The molecule has 0 amide bonds. The molecule has 3 aliphatic heterocycles. The fourth-order valence-corrected chi connectivity index (χ4v) is 3.83. The lowest BCUT2D eigenvalue weighted by atomic mass is 9.90. The summed E-state index contributed by atoms with van der Waals surface area (Å²) in [6.45, 7) is 6.88. The Morgan fingerprint density at radius 2 is 1.84 bits per heavy atom. The minimum atomic E-state index is -0.274. The van der Waals surface area contributed by atoms with Gasteiger partial charge in [-0.2, -0.15) is 0 Å². The second kappa shape index (κ2) is 6.29. The summed E-state index contributed by atoms with van der Waals surface area (Å²) < 4.78 is 17.9. The number of ether oxygens (including phenoxy) is 3. The highest BCUT2D eigenvalue weighted by Crippen LogP contribution is 2.47. The van der Waals surface area contributed by atoms with Gasteiger partial charge in [0.2, 0.25) is 6.79 Å². The molecular weight excluding hydrogens is 312 g/mol. The van der Waals surface area contributed by atoms with Gasteiger partial charge in [0, 0.05) is 17.2 Å². The van der Waals surface area contributed by atoms with Gasteiger partial charge in [-0.3, -0.25) is 0 Å². The number of benzene rings is 1. The van der Waals surface area contributed by atoms with Crippen LogP contribution >= 0.6 is 0 Å². The quantitative estimate of drug-likeness (QED) is 0.577. The number of rotatable bonds is 0. The van der Waals surface area contributed by atoms with Crippen molar-refractivity contribution in [1.29, 1.82) is 0 Å². The summed E-state index contributed by atoms with van der Waals surface area (Å²) in [5.74, 6) is 2.60. The fraction of sp³-hybridized carbons (Fsp3) is 0.455. The molecule has 5 rings (SSSR count). The zero-order chi connectivity index (χ0) is 17.4.